The molecule has 0 saturated heterocycles. The van der Waals surface area contributed by atoms with Crippen LogP contribution in [0.4, 0.5) is 5.69 Å². The van der Waals surface area contributed by atoms with Crippen molar-refractivity contribution in [2.45, 2.75) is 39.0 Å². The summed E-state index contributed by atoms with van der Waals surface area (Å²) in [6.07, 6.45) is 6.02. The number of carbonyl (C=O) groups excluding carboxylic acids is 1. The topological polar surface area (TPSA) is 29.1 Å². The smallest absolute Gasteiger partial charge is 0.227 e. The highest BCUT2D eigenvalue weighted by atomic mass is 16.1. The predicted octanol–water partition coefficient (Wildman–Crippen LogP) is 3.62. The van der Waals surface area contributed by atoms with E-state index in [1.54, 1.807) is 0 Å². The first-order chi connectivity index (χ1) is 8.76. The molecule has 0 heterocycles. The molecule has 0 aliphatic heterocycles. The van der Waals surface area contributed by atoms with Gasteiger partial charge in [0.25, 0.3) is 0 Å². The quantitative estimate of drug-likeness (QED) is 0.863. The number of anilines is 1. The number of fused-ring (bicyclic) bond motifs is 2. The van der Waals surface area contributed by atoms with Crippen molar-refractivity contribution in [2.75, 3.05) is 5.32 Å². The molecule has 18 heavy (non-hydrogen) atoms. The molecule has 2 fully saturated rings. The summed E-state index contributed by atoms with van der Waals surface area (Å²) >= 11 is 0. The van der Waals surface area contributed by atoms with Gasteiger partial charge in [0, 0.05) is 11.6 Å². The van der Waals surface area contributed by atoms with Crippen molar-refractivity contribution < 1.29 is 4.79 Å². The Morgan fingerprint density at radius 2 is 2.22 bits per heavy atom. The highest BCUT2D eigenvalue weighted by Gasteiger charge is 2.42. The highest BCUT2D eigenvalue weighted by Crippen LogP contribution is 2.48. The van der Waals surface area contributed by atoms with E-state index in [2.05, 4.69) is 24.4 Å². The van der Waals surface area contributed by atoms with Gasteiger partial charge < -0.3 is 5.32 Å². The van der Waals surface area contributed by atoms with E-state index >= 15 is 0 Å². The molecule has 2 saturated carbocycles. The molecular weight excluding hydrogens is 222 g/mol. The molecule has 0 spiro atoms. The second-order valence-electron chi connectivity index (χ2n) is 5.82. The third kappa shape index (κ3) is 2.16. The van der Waals surface area contributed by atoms with E-state index in [0.29, 0.717) is 5.92 Å². The van der Waals surface area contributed by atoms with E-state index in [4.69, 9.17) is 0 Å². The van der Waals surface area contributed by atoms with Gasteiger partial charge in [-0.2, -0.15) is 0 Å². The average Bonchev–Trinajstić information content (AvgIpc) is 3.01. The summed E-state index contributed by atoms with van der Waals surface area (Å²) < 4.78 is 0. The number of benzene rings is 1. The Morgan fingerprint density at radius 1 is 1.33 bits per heavy atom. The van der Waals surface area contributed by atoms with Crippen molar-refractivity contribution in [3.05, 3.63) is 29.8 Å². The maximum Gasteiger partial charge on any atom is 0.227 e. The second-order valence-corrected chi connectivity index (χ2v) is 5.82. The fraction of sp³-hybridized carbons (Fsp3) is 0.562. The van der Waals surface area contributed by atoms with Gasteiger partial charge in [-0.1, -0.05) is 25.5 Å². The molecule has 3 unspecified atom stereocenters. The fourth-order valence-electron chi connectivity index (χ4n) is 3.67. The summed E-state index contributed by atoms with van der Waals surface area (Å²) in [5.41, 5.74) is 2.24. The number of nitrogens with one attached hydrogen (secondary N) is 1. The van der Waals surface area contributed by atoms with Crippen LogP contribution in [0.3, 0.4) is 0 Å². The highest BCUT2D eigenvalue weighted by molar-refractivity contribution is 5.93. The zero-order chi connectivity index (χ0) is 12.5. The van der Waals surface area contributed by atoms with Crippen LogP contribution in [0, 0.1) is 17.8 Å². The van der Waals surface area contributed by atoms with Gasteiger partial charge in [-0.05, 0) is 55.2 Å². The zero-order valence-corrected chi connectivity index (χ0v) is 11.0. The van der Waals surface area contributed by atoms with Gasteiger partial charge in [-0.25, -0.2) is 0 Å². The van der Waals surface area contributed by atoms with Crippen LogP contribution in [0.1, 0.15) is 38.2 Å². The number of aryl methyl sites for hydroxylation is 1. The van der Waals surface area contributed by atoms with Crippen molar-refractivity contribution >= 4 is 11.6 Å². The lowest BCUT2D eigenvalue weighted by Crippen LogP contribution is -2.27. The van der Waals surface area contributed by atoms with Crippen LogP contribution in [-0.2, 0) is 11.2 Å². The molecule has 3 atom stereocenters. The van der Waals surface area contributed by atoms with Crippen LogP contribution in [-0.4, -0.2) is 5.91 Å². The molecule has 2 aliphatic carbocycles. The molecule has 1 aromatic rings. The van der Waals surface area contributed by atoms with Gasteiger partial charge in [-0.15, -0.1) is 0 Å². The summed E-state index contributed by atoms with van der Waals surface area (Å²) in [5, 5.41) is 3.10. The first kappa shape index (κ1) is 11.8. The van der Waals surface area contributed by atoms with E-state index in [9.17, 15) is 4.79 Å². The van der Waals surface area contributed by atoms with Crippen LogP contribution in [0.5, 0.6) is 0 Å². The lowest BCUT2D eigenvalue weighted by molar-refractivity contribution is -0.121. The number of rotatable bonds is 3. The summed E-state index contributed by atoms with van der Waals surface area (Å²) in [5.74, 6) is 2.00. The molecule has 0 aromatic heterocycles. The zero-order valence-electron chi connectivity index (χ0n) is 11.0. The van der Waals surface area contributed by atoms with Gasteiger partial charge in [0.1, 0.15) is 0 Å². The molecule has 3 rings (SSSR count). The van der Waals surface area contributed by atoms with Gasteiger partial charge in [0.15, 0.2) is 0 Å². The lowest BCUT2D eigenvalue weighted by atomic mass is 9.88. The van der Waals surface area contributed by atoms with Crippen LogP contribution in [0.2, 0.25) is 0 Å². The van der Waals surface area contributed by atoms with Crippen molar-refractivity contribution in [3.63, 3.8) is 0 Å². The predicted molar refractivity (Wildman–Crippen MR) is 73.4 cm³/mol. The van der Waals surface area contributed by atoms with E-state index < -0.39 is 0 Å². The van der Waals surface area contributed by atoms with Crippen LogP contribution in [0.25, 0.3) is 0 Å². The molecule has 2 heteroatoms. The Morgan fingerprint density at radius 3 is 2.89 bits per heavy atom. The van der Waals surface area contributed by atoms with Crippen molar-refractivity contribution in [1.29, 1.82) is 0 Å². The minimum Gasteiger partial charge on any atom is -0.326 e. The van der Waals surface area contributed by atoms with Gasteiger partial charge in [-0.3, -0.25) is 4.79 Å². The number of hydrogen-bond donors (Lipinski definition) is 1. The molecule has 1 N–H and O–H groups in total. The van der Waals surface area contributed by atoms with Crippen molar-refractivity contribution in [3.8, 4) is 0 Å². The fourth-order valence-corrected chi connectivity index (χ4v) is 3.67. The first-order valence-electron chi connectivity index (χ1n) is 7.16. The lowest BCUT2D eigenvalue weighted by Gasteiger charge is -2.20. The van der Waals surface area contributed by atoms with Crippen LogP contribution >= 0.6 is 0 Å². The normalized spacial score (nSPS) is 29.5. The Bertz CT molecular complexity index is 454. The average molecular weight is 243 g/mol. The third-order valence-corrected chi connectivity index (χ3v) is 4.68. The monoisotopic (exact) mass is 243 g/mol. The second kappa shape index (κ2) is 4.75. The number of carbonyl (C=O) groups is 1. The minimum absolute atomic E-state index is 0.246. The molecule has 2 bridgehead atoms. The summed E-state index contributed by atoms with van der Waals surface area (Å²) in [7, 11) is 0. The standard InChI is InChI=1S/C16H21NO/c1-2-11-4-3-5-14(9-11)17-16(18)15-10-12-6-7-13(15)8-12/h3-5,9,12-13,15H,2,6-8,10H2,1H3,(H,17,18). The van der Waals surface area contributed by atoms with Gasteiger partial charge >= 0.3 is 0 Å². The molecule has 2 nitrogen and oxygen atoms in total. The molecule has 96 valence electrons. The maximum atomic E-state index is 12.3. The number of hydrogen-bond acceptors (Lipinski definition) is 1. The summed E-state index contributed by atoms with van der Waals surface area (Å²) in [6, 6.07) is 8.21. The van der Waals surface area contributed by atoms with Crippen LogP contribution in [0.15, 0.2) is 24.3 Å². The van der Waals surface area contributed by atoms with Gasteiger partial charge in [0.2, 0.25) is 5.91 Å². The SMILES string of the molecule is CCc1cccc(NC(=O)C2CC3CCC2C3)c1. The van der Waals surface area contributed by atoms with E-state index in [1.807, 2.05) is 12.1 Å². The largest absolute Gasteiger partial charge is 0.326 e. The molecule has 1 aromatic carbocycles. The first-order valence-corrected chi connectivity index (χ1v) is 7.16. The summed E-state index contributed by atoms with van der Waals surface area (Å²) in [4.78, 5) is 12.3. The van der Waals surface area contributed by atoms with E-state index in [1.165, 1.54) is 24.8 Å². The Labute approximate surface area is 109 Å². The van der Waals surface area contributed by atoms with Crippen LogP contribution < -0.4 is 5.32 Å². The Kier molecular flexibility index (Phi) is 3.11. The molecule has 1 amide bonds. The maximum absolute atomic E-state index is 12.3. The number of amides is 1. The third-order valence-electron chi connectivity index (χ3n) is 4.68. The van der Waals surface area contributed by atoms with Gasteiger partial charge in [0.05, 0.1) is 0 Å². The molecule has 2 aliphatic rings. The molecule has 0 radical (unpaired) electrons. The minimum atomic E-state index is 0.246. The Balaban J connectivity index is 1.67. The van der Waals surface area contributed by atoms with Crippen molar-refractivity contribution in [1.82, 2.24) is 0 Å². The van der Waals surface area contributed by atoms with Crippen molar-refractivity contribution in [2.24, 2.45) is 17.8 Å². The van der Waals surface area contributed by atoms with E-state index in [-0.39, 0.29) is 11.8 Å². The Hall–Kier alpha value is -1.31. The summed E-state index contributed by atoms with van der Waals surface area (Å²) in [6.45, 7) is 2.14. The van der Waals surface area contributed by atoms with E-state index in [0.717, 1.165) is 24.4 Å². The molecular formula is C16H21NO.